The highest BCUT2D eigenvalue weighted by atomic mass is 16.5. The number of nitrogens with two attached hydrogens (primary N) is 1. The van der Waals surface area contributed by atoms with Crippen LogP contribution in [0, 0.1) is 5.41 Å². The number of ether oxygens (including phenoxy) is 1. The van der Waals surface area contributed by atoms with Gasteiger partial charge in [0.2, 0.25) is 5.91 Å². The van der Waals surface area contributed by atoms with E-state index in [0.29, 0.717) is 6.61 Å². The molecule has 0 aromatic heterocycles. The zero-order valence-electron chi connectivity index (χ0n) is 11.6. The van der Waals surface area contributed by atoms with Gasteiger partial charge in [0.15, 0.2) is 0 Å². The minimum atomic E-state index is -0.770. The van der Waals surface area contributed by atoms with Crippen molar-refractivity contribution in [2.24, 2.45) is 11.1 Å². The molecule has 5 nitrogen and oxygen atoms in total. The second kappa shape index (κ2) is 5.49. The van der Waals surface area contributed by atoms with E-state index < -0.39 is 23.0 Å². The number of rotatable bonds is 5. The summed E-state index contributed by atoms with van der Waals surface area (Å²) in [6.45, 7) is 10.7. The molecule has 0 radical (unpaired) electrons. The summed E-state index contributed by atoms with van der Waals surface area (Å²) in [5.74, 6) is -0.697. The summed E-state index contributed by atoms with van der Waals surface area (Å²) in [5.41, 5.74) is 4.50. The monoisotopic (exact) mass is 244 g/mol. The van der Waals surface area contributed by atoms with Crippen LogP contribution in [0.25, 0.3) is 0 Å². The van der Waals surface area contributed by atoms with E-state index in [1.807, 2.05) is 0 Å². The molecule has 0 saturated heterocycles. The quantitative estimate of drug-likeness (QED) is 0.701. The highest BCUT2D eigenvalue weighted by Gasteiger charge is 2.41. The normalized spacial score (nSPS) is 14.1. The lowest BCUT2D eigenvalue weighted by Gasteiger charge is -2.37. The smallest absolute Gasteiger partial charge is 0.328 e. The molecule has 0 aliphatic rings. The molecular formula is C12H24N2O3. The molecule has 0 heterocycles. The first-order chi connectivity index (χ1) is 7.54. The Kier molecular flexibility index (Phi) is 5.13. The van der Waals surface area contributed by atoms with Crippen molar-refractivity contribution in [1.29, 1.82) is 0 Å². The fraction of sp³-hybridized carbons (Fsp3) is 0.833. The van der Waals surface area contributed by atoms with Crippen molar-refractivity contribution < 1.29 is 14.3 Å². The molecule has 0 aromatic rings. The molecule has 0 spiro atoms. The molecule has 3 N–H and O–H groups in total. The Morgan fingerprint density at radius 1 is 1.29 bits per heavy atom. The molecule has 0 bridgehead atoms. The fourth-order valence-corrected chi connectivity index (χ4v) is 0.996. The standard InChI is InChI=1S/C12H24N2O3/c1-7-17-9(15)8(2)14-10(16)11(3,4)12(5,6)13/h8H,7,13H2,1-6H3,(H,14,16). The van der Waals surface area contributed by atoms with Gasteiger partial charge in [0.1, 0.15) is 6.04 Å². The molecule has 0 aromatic carbocycles. The Hall–Kier alpha value is -1.10. The number of esters is 1. The number of carbonyl (C=O) groups is 2. The van der Waals surface area contributed by atoms with Crippen LogP contribution in [0.3, 0.4) is 0 Å². The first-order valence-electron chi connectivity index (χ1n) is 5.80. The summed E-state index contributed by atoms with van der Waals surface area (Å²) in [6.07, 6.45) is 0. The maximum absolute atomic E-state index is 12.0. The molecule has 0 aliphatic heterocycles. The van der Waals surface area contributed by atoms with E-state index >= 15 is 0 Å². The summed E-state index contributed by atoms with van der Waals surface area (Å²) >= 11 is 0. The van der Waals surface area contributed by atoms with Crippen LogP contribution in [-0.4, -0.2) is 30.1 Å². The number of hydrogen-bond donors (Lipinski definition) is 2. The van der Waals surface area contributed by atoms with Gasteiger partial charge in [-0.15, -0.1) is 0 Å². The van der Waals surface area contributed by atoms with Gasteiger partial charge >= 0.3 is 5.97 Å². The van der Waals surface area contributed by atoms with Gasteiger partial charge < -0.3 is 15.8 Å². The highest BCUT2D eigenvalue weighted by Crippen LogP contribution is 2.28. The van der Waals surface area contributed by atoms with E-state index in [0.717, 1.165) is 0 Å². The van der Waals surface area contributed by atoms with Gasteiger partial charge in [-0.2, -0.15) is 0 Å². The highest BCUT2D eigenvalue weighted by molar-refractivity contribution is 5.88. The van der Waals surface area contributed by atoms with Crippen LogP contribution in [0.5, 0.6) is 0 Å². The Morgan fingerprint density at radius 3 is 2.12 bits per heavy atom. The molecule has 1 atom stereocenters. The number of hydrogen-bond acceptors (Lipinski definition) is 4. The lowest BCUT2D eigenvalue weighted by atomic mass is 9.74. The van der Waals surface area contributed by atoms with Crippen LogP contribution < -0.4 is 11.1 Å². The number of carbonyl (C=O) groups excluding carboxylic acids is 2. The second-order valence-electron chi connectivity index (χ2n) is 5.29. The Morgan fingerprint density at radius 2 is 1.76 bits per heavy atom. The lowest BCUT2D eigenvalue weighted by molar-refractivity contribution is -0.148. The average Bonchev–Trinajstić information content (AvgIpc) is 2.15. The van der Waals surface area contributed by atoms with Crippen molar-refractivity contribution in [2.75, 3.05) is 6.61 Å². The SMILES string of the molecule is CCOC(=O)C(C)NC(=O)C(C)(C)C(C)(C)N. The van der Waals surface area contributed by atoms with Crippen LogP contribution in [0.15, 0.2) is 0 Å². The third kappa shape index (κ3) is 4.00. The maximum atomic E-state index is 12.0. The third-order valence-electron chi connectivity index (χ3n) is 3.17. The average molecular weight is 244 g/mol. The largest absolute Gasteiger partial charge is 0.464 e. The predicted molar refractivity (Wildman–Crippen MR) is 66.3 cm³/mol. The summed E-state index contributed by atoms with van der Waals surface area (Å²) in [4.78, 5) is 23.4. The summed E-state index contributed by atoms with van der Waals surface area (Å²) < 4.78 is 4.82. The van der Waals surface area contributed by atoms with E-state index in [2.05, 4.69) is 5.32 Å². The van der Waals surface area contributed by atoms with Gasteiger partial charge in [0.05, 0.1) is 12.0 Å². The summed E-state index contributed by atoms with van der Waals surface area (Å²) in [6, 6.07) is -0.663. The Labute approximate surface area is 103 Å². The van der Waals surface area contributed by atoms with Gasteiger partial charge in [0, 0.05) is 5.54 Å². The zero-order valence-corrected chi connectivity index (χ0v) is 11.6. The van der Waals surface area contributed by atoms with Crippen molar-refractivity contribution in [3.05, 3.63) is 0 Å². The number of amides is 1. The van der Waals surface area contributed by atoms with Crippen LogP contribution >= 0.6 is 0 Å². The minimum Gasteiger partial charge on any atom is -0.464 e. The maximum Gasteiger partial charge on any atom is 0.328 e. The first kappa shape index (κ1) is 15.9. The lowest BCUT2D eigenvalue weighted by Crippen LogP contribution is -2.57. The predicted octanol–water partition coefficient (Wildman–Crippen LogP) is 0.818. The summed E-state index contributed by atoms with van der Waals surface area (Å²) in [5, 5.41) is 2.62. The van der Waals surface area contributed by atoms with Gasteiger partial charge in [-0.05, 0) is 41.5 Å². The van der Waals surface area contributed by atoms with Gasteiger partial charge in [0.25, 0.3) is 0 Å². The van der Waals surface area contributed by atoms with Crippen molar-refractivity contribution in [1.82, 2.24) is 5.32 Å². The fourth-order valence-electron chi connectivity index (χ4n) is 0.996. The van der Waals surface area contributed by atoms with Crippen molar-refractivity contribution in [3.8, 4) is 0 Å². The molecule has 0 saturated carbocycles. The molecule has 100 valence electrons. The second-order valence-corrected chi connectivity index (χ2v) is 5.29. The van der Waals surface area contributed by atoms with E-state index in [1.165, 1.54) is 0 Å². The molecule has 5 heteroatoms. The number of nitrogens with one attached hydrogen (secondary N) is 1. The molecule has 1 amide bonds. The van der Waals surface area contributed by atoms with Gasteiger partial charge in [-0.3, -0.25) is 4.79 Å². The van der Waals surface area contributed by atoms with Gasteiger partial charge in [-0.1, -0.05) is 0 Å². The van der Waals surface area contributed by atoms with E-state index in [9.17, 15) is 9.59 Å². The molecule has 17 heavy (non-hydrogen) atoms. The Bertz CT molecular complexity index is 293. The molecular weight excluding hydrogens is 220 g/mol. The third-order valence-corrected chi connectivity index (χ3v) is 3.17. The van der Waals surface area contributed by atoms with Gasteiger partial charge in [-0.25, -0.2) is 4.79 Å². The van der Waals surface area contributed by atoms with Crippen molar-refractivity contribution in [2.45, 2.75) is 53.1 Å². The van der Waals surface area contributed by atoms with Crippen LogP contribution in [0.1, 0.15) is 41.5 Å². The van der Waals surface area contributed by atoms with E-state index in [-0.39, 0.29) is 5.91 Å². The topological polar surface area (TPSA) is 81.4 Å². The molecule has 1 unspecified atom stereocenters. The minimum absolute atomic E-state index is 0.259. The molecule has 0 aliphatic carbocycles. The molecule has 0 rings (SSSR count). The first-order valence-corrected chi connectivity index (χ1v) is 5.80. The molecule has 0 fully saturated rings. The zero-order chi connectivity index (χ0) is 13.9. The van der Waals surface area contributed by atoms with Crippen LogP contribution in [0.4, 0.5) is 0 Å². The van der Waals surface area contributed by atoms with Crippen molar-refractivity contribution >= 4 is 11.9 Å². The Balaban J connectivity index is 4.61. The summed E-state index contributed by atoms with van der Waals surface area (Å²) in [7, 11) is 0. The van der Waals surface area contributed by atoms with E-state index in [1.54, 1.807) is 41.5 Å². The van der Waals surface area contributed by atoms with Crippen LogP contribution in [0.2, 0.25) is 0 Å². The van der Waals surface area contributed by atoms with Crippen LogP contribution in [-0.2, 0) is 14.3 Å². The van der Waals surface area contributed by atoms with Crippen molar-refractivity contribution in [3.63, 3.8) is 0 Å². The van der Waals surface area contributed by atoms with E-state index in [4.69, 9.17) is 10.5 Å².